The molecule has 0 unspecified atom stereocenters. The van der Waals surface area contributed by atoms with E-state index in [9.17, 15) is 0 Å². The predicted octanol–water partition coefficient (Wildman–Crippen LogP) is 4.71. The van der Waals surface area contributed by atoms with Crippen LogP contribution in [-0.4, -0.2) is 40.6 Å². The number of aromatic nitrogens is 3. The minimum absolute atomic E-state index is 0.0171. The Hall–Kier alpha value is -2.93. The Bertz CT molecular complexity index is 1040. The number of nitrogens with zero attached hydrogens (tertiary/aromatic N) is 3. The molecule has 31 heavy (non-hydrogen) atoms. The van der Waals surface area contributed by atoms with Crippen molar-refractivity contribution in [1.82, 2.24) is 15.1 Å². The molecule has 1 fully saturated rings. The monoisotopic (exact) mass is 423 g/mol. The molecule has 1 saturated carbocycles. The van der Waals surface area contributed by atoms with Gasteiger partial charge in [-0.15, -0.1) is 0 Å². The molecule has 0 amide bonds. The molecule has 1 aliphatic carbocycles. The van der Waals surface area contributed by atoms with Gasteiger partial charge in [-0.25, -0.2) is 4.98 Å². The third-order valence-electron chi connectivity index (χ3n) is 5.81. The predicted molar refractivity (Wildman–Crippen MR) is 117 cm³/mol. The number of hydrogen-bond donors (Lipinski definition) is 1. The second-order valence-electron chi connectivity index (χ2n) is 7.93. The number of methoxy groups -OCH3 is 1. The van der Waals surface area contributed by atoms with Crippen molar-refractivity contribution in [2.75, 3.05) is 20.3 Å². The van der Waals surface area contributed by atoms with E-state index in [0.29, 0.717) is 23.5 Å². The van der Waals surface area contributed by atoms with Crippen LogP contribution >= 0.6 is 0 Å². The Kier molecular flexibility index (Phi) is 6.51. The summed E-state index contributed by atoms with van der Waals surface area (Å²) in [6.45, 7) is 4.31. The molecular formula is C24H29N3O4. The molecule has 7 heteroatoms. The Balaban J connectivity index is 1.67. The van der Waals surface area contributed by atoms with Gasteiger partial charge in [0.25, 0.3) is 5.89 Å². The van der Waals surface area contributed by atoms with E-state index in [1.54, 1.807) is 7.11 Å². The summed E-state index contributed by atoms with van der Waals surface area (Å²) in [4.78, 5) is 9.31. The lowest BCUT2D eigenvalue weighted by Crippen LogP contribution is -2.05. The minimum atomic E-state index is -0.0171. The van der Waals surface area contributed by atoms with Gasteiger partial charge in [-0.1, -0.05) is 24.9 Å². The topological polar surface area (TPSA) is 90.5 Å². The van der Waals surface area contributed by atoms with Crippen LogP contribution in [0.15, 0.2) is 28.8 Å². The molecule has 0 bridgehead atoms. The summed E-state index contributed by atoms with van der Waals surface area (Å²) in [6, 6.07) is 7.89. The van der Waals surface area contributed by atoms with Crippen LogP contribution in [0.1, 0.15) is 55.3 Å². The lowest BCUT2D eigenvalue weighted by molar-refractivity contribution is 0.199. The molecule has 7 nitrogen and oxygen atoms in total. The van der Waals surface area contributed by atoms with E-state index in [4.69, 9.17) is 19.1 Å². The fourth-order valence-corrected chi connectivity index (χ4v) is 4.24. The standard InChI is InChI=1S/C24H29N3O4/c1-4-16-12-18(11-15(2)22(16)30-10-9-28)23-26-24(31-27-23)19-13-20(17-7-5-6-8-17)25-21(14-19)29-3/h11-14,17,28H,4-10H2,1-3H3. The maximum Gasteiger partial charge on any atom is 0.258 e. The largest absolute Gasteiger partial charge is 0.491 e. The Morgan fingerprint density at radius 2 is 1.90 bits per heavy atom. The zero-order chi connectivity index (χ0) is 21.8. The van der Waals surface area contributed by atoms with Gasteiger partial charge in [0.15, 0.2) is 0 Å². The number of pyridine rings is 1. The molecule has 0 aliphatic heterocycles. The Morgan fingerprint density at radius 1 is 1.10 bits per heavy atom. The van der Waals surface area contributed by atoms with Gasteiger partial charge in [-0.3, -0.25) is 0 Å². The number of aryl methyl sites for hydroxylation is 2. The van der Waals surface area contributed by atoms with Crippen molar-refractivity contribution in [3.63, 3.8) is 0 Å². The smallest absolute Gasteiger partial charge is 0.258 e. The third kappa shape index (κ3) is 4.56. The van der Waals surface area contributed by atoms with Crippen molar-refractivity contribution in [2.24, 2.45) is 0 Å². The molecule has 0 spiro atoms. The summed E-state index contributed by atoms with van der Waals surface area (Å²) >= 11 is 0. The van der Waals surface area contributed by atoms with Crippen molar-refractivity contribution in [3.8, 4) is 34.5 Å². The number of rotatable bonds is 8. The molecule has 164 valence electrons. The summed E-state index contributed by atoms with van der Waals surface area (Å²) in [7, 11) is 1.62. The fourth-order valence-electron chi connectivity index (χ4n) is 4.24. The van der Waals surface area contributed by atoms with Crippen LogP contribution < -0.4 is 9.47 Å². The van der Waals surface area contributed by atoms with E-state index < -0.39 is 0 Å². The van der Waals surface area contributed by atoms with E-state index in [1.807, 2.05) is 31.2 Å². The molecule has 2 heterocycles. The van der Waals surface area contributed by atoms with Crippen molar-refractivity contribution in [1.29, 1.82) is 0 Å². The van der Waals surface area contributed by atoms with Gasteiger partial charge in [0.2, 0.25) is 11.7 Å². The first-order chi connectivity index (χ1) is 15.1. The SMILES string of the molecule is CCc1cc(-c2noc(-c3cc(OC)nc(C4CCCC4)c3)n2)cc(C)c1OCCO. The molecule has 0 radical (unpaired) electrons. The molecule has 1 aliphatic rings. The second kappa shape index (κ2) is 9.47. The van der Waals surface area contributed by atoms with Crippen molar-refractivity contribution in [2.45, 2.75) is 51.9 Å². The first-order valence-electron chi connectivity index (χ1n) is 10.9. The molecule has 4 rings (SSSR count). The molecular weight excluding hydrogens is 394 g/mol. The van der Waals surface area contributed by atoms with Crippen LogP contribution in [0.3, 0.4) is 0 Å². The van der Waals surface area contributed by atoms with Crippen LogP contribution in [0.25, 0.3) is 22.8 Å². The first-order valence-corrected chi connectivity index (χ1v) is 10.9. The summed E-state index contributed by atoms with van der Waals surface area (Å²) in [6.07, 6.45) is 5.57. The van der Waals surface area contributed by atoms with E-state index in [1.165, 1.54) is 12.8 Å². The van der Waals surface area contributed by atoms with Crippen molar-refractivity contribution >= 4 is 0 Å². The van der Waals surface area contributed by atoms with Gasteiger partial charge >= 0.3 is 0 Å². The van der Waals surface area contributed by atoms with E-state index in [0.717, 1.165) is 53.0 Å². The highest BCUT2D eigenvalue weighted by atomic mass is 16.5. The molecule has 1 N–H and O–H groups in total. The van der Waals surface area contributed by atoms with Gasteiger partial charge in [-0.05, 0) is 55.5 Å². The molecule has 3 aromatic rings. The second-order valence-corrected chi connectivity index (χ2v) is 7.93. The van der Waals surface area contributed by atoms with E-state index in [-0.39, 0.29) is 13.2 Å². The van der Waals surface area contributed by atoms with Crippen LogP contribution in [0, 0.1) is 6.92 Å². The highest BCUT2D eigenvalue weighted by molar-refractivity contribution is 5.64. The lowest BCUT2D eigenvalue weighted by atomic mass is 10.0. The number of benzene rings is 1. The summed E-state index contributed by atoms with van der Waals surface area (Å²) in [5, 5.41) is 13.3. The maximum absolute atomic E-state index is 9.08. The van der Waals surface area contributed by atoms with E-state index in [2.05, 4.69) is 22.0 Å². The molecule has 1 aromatic carbocycles. The Labute approximate surface area is 182 Å². The van der Waals surface area contributed by atoms with Crippen LogP contribution in [-0.2, 0) is 6.42 Å². The molecule has 0 atom stereocenters. The zero-order valence-corrected chi connectivity index (χ0v) is 18.4. The van der Waals surface area contributed by atoms with Crippen LogP contribution in [0.2, 0.25) is 0 Å². The van der Waals surface area contributed by atoms with Crippen LogP contribution in [0.5, 0.6) is 11.6 Å². The number of hydrogen-bond acceptors (Lipinski definition) is 7. The van der Waals surface area contributed by atoms with Gasteiger partial charge in [0.1, 0.15) is 12.4 Å². The van der Waals surface area contributed by atoms with Crippen molar-refractivity contribution in [3.05, 3.63) is 41.1 Å². The normalized spacial score (nSPS) is 14.2. The average Bonchev–Trinajstić information content (AvgIpc) is 3.50. The van der Waals surface area contributed by atoms with Crippen molar-refractivity contribution < 1.29 is 19.1 Å². The number of aliphatic hydroxyl groups is 1. The summed E-state index contributed by atoms with van der Waals surface area (Å²) in [5.74, 6) is 2.81. The van der Waals surface area contributed by atoms with Gasteiger partial charge < -0.3 is 19.1 Å². The molecule has 2 aromatic heterocycles. The quantitative estimate of drug-likeness (QED) is 0.561. The highest BCUT2D eigenvalue weighted by Crippen LogP contribution is 2.36. The summed E-state index contributed by atoms with van der Waals surface area (Å²) in [5.41, 5.74) is 4.74. The highest BCUT2D eigenvalue weighted by Gasteiger charge is 2.22. The van der Waals surface area contributed by atoms with Crippen LogP contribution in [0.4, 0.5) is 0 Å². The zero-order valence-electron chi connectivity index (χ0n) is 18.4. The van der Waals surface area contributed by atoms with Gasteiger partial charge in [-0.2, -0.15) is 4.98 Å². The first kappa shape index (κ1) is 21.3. The summed E-state index contributed by atoms with van der Waals surface area (Å²) < 4.78 is 16.8. The average molecular weight is 424 g/mol. The molecule has 0 saturated heterocycles. The Morgan fingerprint density at radius 3 is 2.61 bits per heavy atom. The van der Waals surface area contributed by atoms with E-state index >= 15 is 0 Å². The number of aliphatic hydroxyl groups excluding tert-OH is 1. The fraction of sp³-hybridized carbons (Fsp3) is 0.458. The maximum atomic E-state index is 9.08. The lowest BCUT2D eigenvalue weighted by Gasteiger charge is -2.13. The van der Waals surface area contributed by atoms with Gasteiger partial charge in [0, 0.05) is 28.8 Å². The van der Waals surface area contributed by atoms with Gasteiger partial charge in [0.05, 0.1) is 13.7 Å². The third-order valence-corrected chi connectivity index (χ3v) is 5.81. The number of ether oxygens (including phenoxy) is 2. The minimum Gasteiger partial charge on any atom is -0.491 e.